The molecule has 1 aromatic carbocycles. The van der Waals surface area contributed by atoms with E-state index in [-0.39, 0.29) is 18.3 Å². The average Bonchev–Trinajstić information content (AvgIpc) is 2.77. The quantitative estimate of drug-likeness (QED) is 0.863. The Hall–Kier alpha value is -2.05. The summed E-state index contributed by atoms with van der Waals surface area (Å²) >= 11 is 0. The van der Waals surface area contributed by atoms with Crippen molar-refractivity contribution in [2.45, 2.75) is 37.7 Å². The number of benzene rings is 1. The van der Waals surface area contributed by atoms with Gasteiger partial charge < -0.3 is 4.74 Å². The molecule has 0 radical (unpaired) electrons. The molecular formula is C18H19ClN2O. The molecule has 2 aliphatic rings. The molecule has 3 nitrogen and oxygen atoms in total. The van der Waals surface area contributed by atoms with Crippen LogP contribution in [0.15, 0.2) is 47.6 Å². The number of nitriles is 1. The van der Waals surface area contributed by atoms with Crippen molar-refractivity contribution in [2.75, 3.05) is 0 Å². The molecule has 0 amide bonds. The summed E-state index contributed by atoms with van der Waals surface area (Å²) in [6.07, 6.45) is 9.16. The predicted octanol–water partition coefficient (Wildman–Crippen LogP) is 4.65. The largest absolute Gasteiger partial charge is 0.466 e. The van der Waals surface area contributed by atoms with E-state index >= 15 is 0 Å². The van der Waals surface area contributed by atoms with E-state index in [0.29, 0.717) is 5.57 Å². The Labute approximate surface area is 137 Å². The number of hydrogen-bond acceptors (Lipinski definition) is 3. The Bertz CT molecular complexity index is 649. The van der Waals surface area contributed by atoms with Gasteiger partial charge in [-0.1, -0.05) is 48.9 Å². The first kappa shape index (κ1) is 16.3. The molecule has 1 spiro atoms. The summed E-state index contributed by atoms with van der Waals surface area (Å²) in [5, 5.41) is 17.3. The molecule has 1 aliphatic heterocycles. The summed E-state index contributed by atoms with van der Waals surface area (Å²) in [5.74, 6) is 0.0344. The lowest BCUT2D eigenvalue weighted by atomic mass is 9.78. The zero-order valence-corrected chi connectivity index (χ0v) is 13.2. The maximum Gasteiger partial charge on any atom is 0.225 e. The van der Waals surface area contributed by atoms with Gasteiger partial charge in [-0.2, -0.15) is 5.26 Å². The minimum atomic E-state index is -0.439. The van der Waals surface area contributed by atoms with Crippen LogP contribution in [0.4, 0.5) is 0 Å². The van der Waals surface area contributed by atoms with E-state index in [9.17, 15) is 5.26 Å². The van der Waals surface area contributed by atoms with Gasteiger partial charge in [0.2, 0.25) is 5.90 Å². The van der Waals surface area contributed by atoms with Crippen LogP contribution in [0.5, 0.6) is 0 Å². The van der Waals surface area contributed by atoms with E-state index in [1.807, 2.05) is 42.5 Å². The SMILES string of the molecule is Cl.N#CC1=C(/C=C/c2ccccc2)C2(CCCCC2)OC1=N. The third kappa shape index (κ3) is 2.93. The molecule has 1 fully saturated rings. The van der Waals surface area contributed by atoms with Crippen molar-refractivity contribution in [2.24, 2.45) is 0 Å². The van der Waals surface area contributed by atoms with Crippen molar-refractivity contribution in [3.63, 3.8) is 0 Å². The minimum absolute atomic E-state index is 0. The monoisotopic (exact) mass is 314 g/mol. The topological polar surface area (TPSA) is 56.9 Å². The summed E-state index contributed by atoms with van der Waals surface area (Å²) in [7, 11) is 0. The summed E-state index contributed by atoms with van der Waals surface area (Å²) in [6.45, 7) is 0. The van der Waals surface area contributed by atoms with Gasteiger partial charge in [0.25, 0.3) is 0 Å². The summed E-state index contributed by atoms with van der Waals surface area (Å²) in [5.41, 5.74) is 1.93. The first-order valence-electron chi connectivity index (χ1n) is 7.41. The van der Waals surface area contributed by atoms with Crippen molar-refractivity contribution in [1.29, 1.82) is 10.7 Å². The van der Waals surface area contributed by atoms with E-state index in [2.05, 4.69) is 6.07 Å². The molecule has 22 heavy (non-hydrogen) atoms. The number of halogens is 1. The summed E-state index contributed by atoms with van der Waals surface area (Å²) in [4.78, 5) is 0. The van der Waals surface area contributed by atoms with E-state index in [0.717, 1.165) is 36.8 Å². The van der Waals surface area contributed by atoms with Gasteiger partial charge in [0.1, 0.15) is 17.2 Å². The second kappa shape index (κ2) is 6.81. The molecule has 1 aliphatic carbocycles. The maximum atomic E-state index is 9.36. The maximum absolute atomic E-state index is 9.36. The van der Waals surface area contributed by atoms with Gasteiger partial charge >= 0.3 is 0 Å². The second-order valence-electron chi connectivity index (χ2n) is 5.63. The van der Waals surface area contributed by atoms with Crippen LogP contribution in [0.2, 0.25) is 0 Å². The molecule has 1 heterocycles. The molecule has 0 saturated heterocycles. The van der Waals surface area contributed by atoms with Crippen molar-refractivity contribution in [3.8, 4) is 6.07 Å². The number of hydrogen-bond donors (Lipinski definition) is 1. The Morgan fingerprint density at radius 1 is 1.09 bits per heavy atom. The van der Waals surface area contributed by atoms with E-state index in [4.69, 9.17) is 10.1 Å². The molecule has 1 N–H and O–H groups in total. The lowest BCUT2D eigenvalue weighted by Gasteiger charge is -2.34. The molecule has 0 atom stereocenters. The first-order valence-corrected chi connectivity index (χ1v) is 7.41. The number of ether oxygens (including phenoxy) is 1. The van der Waals surface area contributed by atoms with Gasteiger partial charge in [0.15, 0.2) is 0 Å². The average molecular weight is 315 g/mol. The summed E-state index contributed by atoms with van der Waals surface area (Å²) < 4.78 is 5.83. The molecular weight excluding hydrogens is 296 g/mol. The normalized spacial score (nSPS) is 19.9. The van der Waals surface area contributed by atoms with Gasteiger partial charge in [0.05, 0.1) is 0 Å². The molecule has 114 valence electrons. The highest BCUT2D eigenvalue weighted by Crippen LogP contribution is 2.44. The molecule has 0 aromatic heterocycles. The van der Waals surface area contributed by atoms with Crippen molar-refractivity contribution in [1.82, 2.24) is 0 Å². The van der Waals surface area contributed by atoms with Gasteiger partial charge in [-0.3, -0.25) is 5.41 Å². The van der Waals surface area contributed by atoms with Crippen LogP contribution in [0.1, 0.15) is 37.7 Å². The Kier molecular flexibility index (Phi) is 5.05. The highest BCUT2D eigenvalue weighted by atomic mass is 35.5. The van der Waals surface area contributed by atoms with Crippen molar-refractivity contribution < 1.29 is 4.74 Å². The minimum Gasteiger partial charge on any atom is -0.466 e. The smallest absolute Gasteiger partial charge is 0.225 e. The van der Waals surface area contributed by atoms with Crippen LogP contribution in [-0.4, -0.2) is 11.5 Å². The second-order valence-corrected chi connectivity index (χ2v) is 5.63. The van der Waals surface area contributed by atoms with Crippen LogP contribution in [0.25, 0.3) is 6.08 Å². The number of nitrogens with zero attached hydrogens (tertiary/aromatic N) is 1. The Morgan fingerprint density at radius 2 is 1.77 bits per heavy atom. The molecule has 3 rings (SSSR count). The van der Waals surface area contributed by atoms with Gasteiger partial charge in [-0.05, 0) is 31.2 Å². The van der Waals surface area contributed by atoms with Crippen molar-refractivity contribution in [3.05, 3.63) is 53.1 Å². The van der Waals surface area contributed by atoms with E-state index in [1.54, 1.807) is 0 Å². The van der Waals surface area contributed by atoms with Crippen LogP contribution in [-0.2, 0) is 4.74 Å². The summed E-state index contributed by atoms with van der Waals surface area (Å²) in [6, 6.07) is 12.2. The molecule has 0 unspecified atom stereocenters. The highest BCUT2D eigenvalue weighted by molar-refractivity contribution is 6.00. The fraction of sp³-hybridized carbons (Fsp3) is 0.333. The van der Waals surface area contributed by atoms with Crippen LogP contribution >= 0.6 is 12.4 Å². The van der Waals surface area contributed by atoms with Crippen LogP contribution in [0.3, 0.4) is 0 Å². The lowest BCUT2D eigenvalue weighted by Crippen LogP contribution is -2.33. The van der Waals surface area contributed by atoms with E-state index in [1.165, 1.54) is 6.42 Å². The van der Waals surface area contributed by atoms with Gasteiger partial charge in [0, 0.05) is 5.57 Å². The number of nitrogens with one attached hydrogen (secondary N) is 1. The Balaban J connectivity index is 0.00000176. The van der Waals surface area contributed by atoms with Crippen LogP contribution < -0.4 is 0 Å². The third-order valence-electron chi connectivity index (χ3n) is 4.30. The zero-order chi connectivity index (χ0) is 14.7. The third-order valence-corrected chi connectivity index (χ3v) is 4.30. The lowest BCUT2D eigenvalue weighted by molar-refractivity contribution is 0.0679. The number of rotatable bonds is 2. The first-order chi connectivity index (χ1) is 10.2. The van der Waals surface area contributed by atoms with Crippen molar-refractivity contribution >= 4 is 24.4 Å². The zero-order valence-electron chi connectivity index (χ0n) is 12.3. The van der Waals surface area contributed by atoms with Gasteiger partial charge in [-0.15, -0.1) is 12.4 Å². The Morgan fingerprint density at radius 3 is 2.41 bits per heavy atom. The van der Waals surface area contributed by atoms with E-state index < -0.39 is 5.60 Å². The molecule has 1 saturated carbocycles. The fourth-order valence-electron chi connectivity index (χ4n) is 3.24. The highest BCUT2D eigenvalue weighted by Gasteiger charge is 2.45. The molecule has 4 heteroatoms. The van der Waals surface area contributed by atoms with Gasteiger partial charge in [-0.25, -0.2) is 0 Å². The standard InChI is InChI=1S/C18H18N2O.ClH/c19-13-15-16(10-9-14-7-3-1-4-8-14)18(21-17(15)20)11-5-2-6-12-18;/h1,3-4,7-10,20H,2,5-6,11-12H2;1H/b10-9+,20-17?;. The predicted molar refractivity (Wildman–Crippen MR) is 90.0 cm³/mol. The molecule has 0 bridgehead atoms. The van der Waals surface area contributed by atoms with Crippen LogP contribution in [0, 0.1) is 16.7 Å². The molecule has 1 aromatic rings. The fourth-order valence-corrected chi connectivity index (χ4v) is 3.24.